The van der Waals surface area contributed by atoms with Crippen molar-refractivity contribution >= 4 is 6.34 Å². The smallest absolute Gasteiger partial charge is 0.372 e. The van der Waals surface area contributed by atoms with Gasteiger partial charge in [0.2, 0.25) is 0 Å². The molecule has 0 saturated heterocycles. The molecule has 0 radical (unpaired) electrons. The van der Waals surface area contributed by atoms with Crippen LogP contribution in [0.4, 0.5) is 17.6 Å². The molecule has 1 rings (SSSR count). The Kier molecular flexibility index (Phi) is 3.87. The molecule has 0 bridgehead atoms. The van der Waals surface area contributed by atoms with Gasteiger partial charge in [0, 0.05) is 13.6 Å². The average molecular weight is 234 g/mol. The summed E-state index contributed by atoms with van der Waals surface area (Å²) < 4.78 is 49.9. The first-order valence-electron chi connectivity index (χ1n) is 4.45. The fourth-order valence-electron chi connectivity index (χ4n) is 1.15. The van der Waals surface area contributed by atoms with Crippen LogP contribution < -0.4 is 5.32 Å². The van der Waals surface area contributed by atoms with Crippen LogP contribution in [0.3, 0.4) is 0 Å². The molecule has 0 amide bonds. The Morgan fingerprint density at radius 3 is 2.62 bits per heavy atom. The summed E-state index contributed by atoms with van der Waals surface area (Å²) in [6.45, 7) is 0.167. The lowest BCUT2D eigenvalue weighted by atomic mass is 10.1. The Hall–Kier alpha value is -1.59. The molecule has 0 unspecified atom stereocenters. The number of alkyl halides is 3. The fraction of sp³-hybridized carbons (Fsp3) is 0.300. The molecule has 0 aromatic heterocycles. The molecule has 1 N–H and O–H groups in total. The molecule has 6 heteroatoms. The lowest BCUT2D eigenvalue weighted by Gasteiger charge is -2.09. The summed E-state index contributed by atoms with van der Waals surface area (Å²) in [5, 5.41) is 2.67. The molecule has 0 fully saturated rings. The van der Waals surface area contributed by atoms with Crippen LogP contribution in [0.1, 0.15) is 11.1 Å². The van der Waals surface area contributed by atoms with E-state index >= 15 is 0 Å². The van der Waals surface area contributed by atoms with E-state index in [1.807, 2.05) is 0 Å². The third kappa shape index (κ3) is 3.22. The highest BCUT2D eigenvalue weighted by Crippen LogP contribution is 2.31. The molecular formula is C10H10F4N2. The molecule has 0 saturated carbocycles. The Bertz CT molecular complexity index is 385. The maximum atomic E-state index is 12.9. The molecule has 16 heavy (non-hydrogen) atoms. The van der Waals surface area contributed by atoms with E-state index in [-0.39, 0.29) is 6.54 Å². The lowest BCUT2D eigenvalue weighted by molar-refractivity contribution is -0.140. The van der Waals surface area contributed by atoms with E-state index in [0.29, 0.717) is 5.56 Å². The minimum atomic E-state index is -4.67. The van der Waals surface area contributed by atoms with Crippen molar-refractivity contribution in [2.45, 2.75) is 12.7 Å². The van der Waals surface area contributed by atoms with Crippen molar-refractivity contribution in [3.8, 4) is 0 Å². The lowest BCUT2D eigenvalue weighted by Crippen LogP contribution is -2.13. The van der Waals surface area contributed by atoms with E-state index in [4.69, 9.17) is 0 Å². The second-order valence-electron chi connectivity index (χ2n) is 3.08. The van der Waals surface area contributed by atoms with Gasteiger partial charge in [0.25, 0.3) is 0 Å². The van der Waals surface area contributed by atoms with Gasteiger partial charge in [0.05, 0.1) is 11.9 Å². The molecule has 1 aromatic carbocycles. The number of aliphatic imine (C=N–C) groups is 1. The van der Waals surface area contributed by atoms with Gasteiger partial charge in [-0.25, -0.2) is 4.39 Å². The summed E-state index contributed by atoms with van der Waals surface area (Å²) in [5.41, 5.74) is -0.908. The summed E-state index contributed by atoms with van der Waals surface area (Å²) >= 11 is 0. The highest BCUT2D eigenvalue weighted by molar-refractivity contribution is 5.54. The van der Waals surface area contributed by atoms with Crippen LogP contribution in [-0.2, 0) is 12.7 Å². The molecular weight excluding hydrogens is 224 g/mol. The minimum absolute atomic E-state index is 0.167. The average Bonchev–Trinajstić information content (AvgIpc) is 2.19. The molecule has 0 heterocycles. The van der Waals surface area contributed by atoms with E-state index in [0.717, 1.165) is 12.1 Å². The van der Waals surface area contributed by atoms with E-state index < -0.39 is 17.6 Å². The second kappa shape index (κ2) is 4.96. The minimum Gasteiger partial charge on any atom is -0.372 e. The zero-order valence-electron chi connectivity index (χ0n) is 8.48. The number of nitrogens with one attached hydrogen (secondary N) is 1. The Labute approximate surface area is 90.0 Å². The van der Waals surface area contributed by atoms with Crippen LogP contribution in [-0.4, -0.2) is 13.4 Å². The van der Waals surface area contributed by atoms with E-state index in [1.165, 1.54) is 19.5 Å². The topological polar surface area (TPSA) is 24.4 Å². The Balaban J connectivity index is 2.90. The van der Waals surface area contributed by atoms with Crippen molar-refractivity contribution in [3.63, 3.8) is 0 Å². The highest BCUT2D eigenvalue weighted by atomic mass is 19.4. The predicted molar refractivity (Wildman–Crippen MR) is 52.7 cm³/mol. The molecule has 0 aliphatic rings. The van der Waals surface area contributed by atoms with Crippen molar-refractivity contribution in [2.75, 3.05) is 7.05 Å². The number of halogens is 4. The molecule has 0 spiro atoms. The first-order chi connectivity index (χ1) is 7.45. The van der Waals surface area contributed by atoms with Gasteiger partial charge in [0.15, 0.2) is 0 Å². The van der Waals surface area contributed by atoms with Crippen molar-refractivity contribution < 1.29 is 17.6 Å². The van der Waals surface area contributed by atoms with Gasteiger partial charge in [-0.3, -0.25) is 4.99 Å². The second-order valence-corrected chi connectivity index (χ2v) is 3.08. The van der Waals surface area contributed by atoms with E-state index in [2.05, 4.69) is 10.3 Å². The van der Waals surface area contributed by atoms with Gasteiger partial charge in [0.1, 0.15) is 5.82 Å². The quantitative estimate of drug-likeness (QED) is 0.485. The Morgan fingerprint density at radius 1 is 1.38 bits per heavy atom. The highest BCUT2D eigenvalue weighted by Gasteiger charge is 2.34. The molecule has 2 nitrogen and oxygen atoms in total. The van der Waals surface area contributed by atoms with Crippen molar-refractivity contribution in [3.05, 3.63) is 35.1 Å². The SMILES string of the molecule is CN=CNCc1ccc(F)c(C(F)(F)F)c1. The molecule has 0 aliphatic heterocycles. The standard InChI is InChI=1S/C10H10F4N2/c1-15-6-16-5-7-2-3-9(11)8(4-7)10(12,13)14/h2-4,6H,5H2,1H3,(H,15,16). The van der Waals surface area contributed by atoms with Gasteiger partial charge in [-0.2, -0.15) is 13.2 Å². The van der Waals surface area contributed by atoms with Crippen LogP contribution in [0.5, 0.6) is 0 Å². The summed E-state index contributed by atoms with van der Waals surface area (Å²) in [7, 11) is 1.53. The molecule has 0 aliphatic carbocycles. The maximum Gasteiger partial charge on any atom is 0.419 e. The van der Waals surface area contributed by atoms with Gasteiger partial charge in [-0.05, 0) is 17.7 Å². The molecule has 88 valence electrons. The van der Waals surface area contributed by atoms with Crippen LogP contribution >= 0.6 is 0 Å². The number of hydrogen-bond acceptors (Lipinski definition) is 1. The first kappa shape index (κ1) is 12.5. The predicted octanol–water partition coefficient (Wildman–Crippen LogP) is 2.59. The van der Waals surface area contributed by atoms with E-state index in [1.54, 1.807) is 0 Å². The maximum absolute atomic E-state index is 12.9. The van der Waals surface area contributed by atoms with Crippen LogP contribution in [0.15, 0.2) is 23.2 Å². The summed E-state index contributed by atoms with van der Waals surface area (Å²) in [6, 6.07) is 2.88. The third-order valence-electron chi connectivity index (χ3n) is 1.86. The number of nitrogens with zero attached hydrogens (tertiary/aromatic N) is 1. The summed E-state index contributed by atoms with van der Waals surface area (Å²) in [4.78, 5) is 3.61. The van der Waals surface area contributed by atoms with E-state index in [9.17, 15) is 17.6 Å². The van der Waals surface area contributed by atoms with Gasteiger partial charge < -0.3 is 5.32 Å². The van der Waals surface area contributed by atoms with Crippen molar-refractivity contribution in [2.24, 2.45) is 4.99 Å². The first-order valence-corrected chi connectivity index (χ1v) is 4.45. The van der Waals surface area contributed by atoms with Crippen LogP contribution in [0.2, 0.25) is 0 Å². The molecule has 0 atom stereocenters. The fourth-order valence-corrected chi connectivity index (χ4v) is 1.15. The number of hydrogen-bond donors (Lipinski definition) is 1. The number of benzene rings is 1. The van der Waals surface area contributed by atoms with Crippen LogP contribution in [0, 0.1) is 5.82 Å². The zero-order valence-corrected chi connectivity index (χ0v) is 8.48. The summed E-state index contributed by atoms with van der Waals surface area (Å²) in [5.74, 6) is -1.26. The van der Waals surface area contributed by atoms with Crippen molar-refractivity contribution in [1.29, 1.82) is 0 Å². The Morgan fingerprint density at radius 2 is 2.06 bits per heavy atom. The zero-order chi connectivity index (χ0) is 12.2. The third-order valence-corrected chi connectivity index (χ3v) is 1.86. The van der Waals surface area contributed by atoms with Crippen molar-refractivity contribution in [1.82, 2.24) is 5.32 Å². The van der Waals surface area contributed by atoms with Gasteiger partial charge >= 0.3 is 6.18 Å². The summed E-state index contributed by atoms with van der Waals surface area (Å²) in [6.07, 6.45) is -3.31. The monoisotopic (exact) mass is 234 g/mol. The normalized spacial score (nSPS) is 12.1. The van der Waals surface area contributed by atoms with Crippen LogP contribution in [0.25, 0.3) is 0 Å². The van der Waals surface area contributed by atoms with Gasteiger partial charge in [-0.1, -0.05) is 6.07 Å². The largest absolute Gasteiger partial charge is 0.419 e. The van der Waals surface area contributed by atoms with Gasteiger partial charge in [-0.15, -0.1) is 0 Å². The molecule has 1 aromatic rings. The number of rotatable bonds is 3.